The van der Waals surface area contributed by atoms with Gasteiger partial charge in [-0.15, -0.1) is 11.3 Å². The molecule has 7 rings (SSSR count). The van der Waals surface area contributed by atoms with Crippen molar-refractivity contribution in [2.24, 2.45) is 7.05 Å². The number of likely N-dealkylation sites (tertiary alicyclic amines) is 2. The van der Waals surface area contributed by atoms with Crippen molar-refractivity contribution in [2.75, 3.05) is 26.2 Å². The van der Waals surface area contributed by atoms with Gasteiger partial charge in [0.05, 0.1) is 27.0 Å². The van der Waals surface area contributed by atoms with E-state index in [0.717, 1.165) is 93.1 Å². The van der Waals surface area contributed by atoms with Crippen LogP contribution in [0.2, 0.25) is 5.02 Å². The number of amides is 1. The first-order valence-corrected chi connectivity index (χ1v) is 18.0. The molecule has 2 fully saturated rings. The van der Waals surface area contributed by atoms with Crippen LogP contribution in [0.4, 0.5) is 0 Å². The van der Waals surface area contributed by atoms with Crippen molar-refractivity contribution < 1.29 is 19.4 Å². The molecule has 0 aliphatic carbocycles. The zero-order valence-electron chi connectivity index (χ0n) is 28.8. The van der Waals surface area contributed by atoms with Crippen LogP contribution >= 0.6 is 22.9 Å². The van der Waals surface area contributed by atoms with E-state index in [-0.39, 0.29) is 5.91 Å². The molecule has 49 heavy (non-hydrogen) atoms. The highest BCUT2D eigenvalue weighted by Gasteiger charge is 2.36. The molecule has 11 heteroatoms. The number of nitrogens with zero attached hydrogens (tertiary/aromatic N) is 5. The third kappa shape index (κ3) is 6.47. The molecule has 9 nitrogen and oxygen atoms in total. The highest BCUT2D eigenvalue weighted by molar-refractivity contribution is 7.22. The maximum absolute atomic E-state index is 12.7. The summed E-state index contributed by atoms with van der Waals surface area (Å²) in [4.78, 5) is 34.0. The fraction of sp³-hybridized carbons (Fsp3) is 0.421. The summed E-state index contributed by atoms with van der Waals surface area (Å²) in [6.45, 7) is 12.8. The van der Waals surface area contributed by atoms with Crippen molar-refractivity contribution in [2.45, 2.75) is 71.1 Å². The Bertz CT molecular complexity index is 2070. The third-order valence-corrected chi connectivity index (χ3v) is 11.3. The smallest absolute Gasteiger partial charge is 0.337 e. The highest BCUT2D eigenvalue weighted by Crippen LogP contribution is 2.45. The molecule has 2 aliphatic heterocycles. The van der Waals surface area contributed by atoms with Crippen molar-refractivity contribution in [3.05, 3.63) is 70.4 Å². The largest absolute Gasteiger partial charge is 0.479 e. The van der Waals surface area contributed by atoms with E-state index in [2.05, 4.69) is 23.1 Å². The minimum Gasteiger partial charge on any atom is -0.479 e. The molecular formula is C38H42ClN5O4S. The number of aliphatic carboxylic acids is 1. The van der Waals surface area contributed by atoms with Crippen molar-refractivity contribution >= 4 is 55.9 Å². The Hall–Kier alpha value is -3.83. The van der Waals surface area contributed by atoms with E-state index in [1.807, 2.05) is 74.7 Å². The van der Waals surface area contributed by atoms with Gasteiger partial charge in [-0.3, -0.25) is 14.4 Å². The number of thiazole rings is 1. The summed E-state index contributed by atoms with van der Waals surface area (Å²) in [6.07, 6.45) is 0.892. The first-order valence-electron chi connectivity index (χ1n) is 16.8. The SMILES string of the molecule is CC(=O)N1CC(N2CCC(c3nn(C)c4ccc(-c5nc6cc(C)c(C(OC(C)(C)C)C(=O)O)c(-c7ccc(Cl)cc7)c6s5)cc34)CC2)C1. The molecule has 0 bridgehead atoms. The average molecular weight is 700 g/mol. The number of aromatic nitrogens is 3. The molecule has 2 aromatic heterocycles. The predicted molar refractivity (Wildman–Crippen MR) is 195 cm³/mol. The third-order valence-electron chi connectivity index (χ3n) is 9.88. The summed E-state index contributed by atoms with van der Waals surface area (Å²) >= 11 is 7.85. The minimum absolute atomic E-state index is 0.158. The van der Waals surface area contributed by atoms with Crippen LogP contribution in [0.5, 0.6) is 0 Å². The second-order valence-electron chi connectivity index (χ2n) is 14.4. The molecule has 1 atom stereocenters. The summed E-state index contributed by atoms with van der Waals surface area (Å²) in [5, 5.41) is 18.1. The van der Waals surface area contributed by atoms with Gasteiger partial charge in [-0.2, -0.15) is 5.10 Å². The maximum Gasteiger partial charge on any atom is 0.337 e. The number of aryl methyl sites for hydroxylation is 2. The van der Waals surface area contributed by atoms with E-state index in [4.69, 9.17) is 26.4 Å². The number of carbonyl (C=O) groups excluding carboxylic acids is 1. The topological polar surface area (TPSA) is 101 Å². The normalized spacial score (nSPS) is 17.2. The van der Waals surface area contributed by atoms with Crippen LogP contribution in [0.25, 0.3) is 42.8 Å². The summed E-state index contributed by atoms with van der Waals surface area (Å²) in [6, 6.07) is 16.4. The highest BCUT2D eigenvalue weighted by atomic mass is 35.5. The van der Waals surface area contributed by atoms with Gasteiger partial charge in [0.15, 0.2) is 6.10 Å². The molecule has 0 saturated carbocycles. The van der Waals surface area contributed by atoms with Gasteiger partial charge in [-0.05, 0) is 101 Å². The number of carbonyl (C=O) groups is 2. The Morgan fingerprint density at radius 3 is 2.35 bits per heavy atom. The molecule has 0 spiro atoms. The molecule has 1 amide bonds. The van der Waals surface area contributed by atoms with Crippen LogP contribution < -0.4 is 0 Å². The van der Waals surface area contributed by atoms with Gasteiger partial charge in [0.2, 0.25) is 5.91 Å². The number of piperidine rings is 1. The lowest BCUT2D eigenvalue weighted by Gasteiger charge is -2.47. The first kappa shape index (κ1) is 33.7. The fourth-order valence-corrected chi connectivity index (χ4v) is 8.62. The molecular weight excluding hydrogens is 658 g/mol. The van der Waals surface area contributed by atoms with Crippen LogP contribution in [-0.4, -0.2) is 79.4 Å². The molecule has 5 aromatic rings. The summed E-state index contributed by atoms with van der Waals surface area (Å²) in [7, 11) is 2.00. The number of benzene rings is 3. The molecule has 2 saturated heterocycles. The van der Waals surface area contributed by atoms with E-state index >= 15 is 0 Å². The summed E-state index contributed by atoms with van der Waals surface area (Å²) in [5.41, 5.74) is 6.44. The van der Waals surface area contributed by atoms with Crippen LogP contribution in [0.15, 0.2) is 48.5 Å². The van der Waals surface area contributed by atoms with Crippen LogP contribution in [0.1, 0.15) is 69.4 Å². The fourth-order valence-electron chi connectivity index (χ4n) is 7.37. The van der Waals surface area contributed by atoms with Gasteiger partial charge < -0.3 is 14.7 Å². The zero-order valence-corrected chi connectivity index (χ0v) is 30.4. The van der Waals surface area contributed by atoms with E-state index in [1.165, 1.54) is 0 Å². The second-order valence-corrected chi connectivity index (χ2v) is 15.9. The van der Waals surface area contributed by atoms with E-state index in [1.54, 1.807) is 18.3 Å². The molecule has 2 aliphatic rings. The Morgan fingerprint density at radius 2 is 1.71 bits per heavy atom. The molecule has 256 valence electrons. The van der Waals surface area contributed by atoms with Crippen LogP contribution in [0.3, 0.4) is 0 Å². The Balaban J connectivity index is 1.27. The minimum atomic E-state index is -1.17. The zero-order chi connectivity index (χ0) is 34.8. The monoisotopic (exact) mass is 699 g/mol. The Morgan fingerprint density at radius 1 is 1.04 bits per heavy atom. The molecule has 0 radical (unpaired) electrons. The number of carboxylic acid groups (broad SMARTS) is 1. The van der Waals surface area contributed by atoms with Crippen molar-refractivity contribution in [3.63, 3.8) is 0 Å². The average Bonchev–Trinajstić information content (AvgIpc) is 3.59. The first-order chi connectivity index (χ1) is 23.3. The number of ether oxygens (including phenoxy) is 1. The van der Waals surface area contributed by atoms with Gasteiger partial charge in [0.25, 0.3) is 0 Å². The molecule has 4 heterocycles. The molecule has 3 aromatic carbocycles. The Kier molecular flexibility index (Phi) is 8.80. The lowest BCUT2D eigenvalue weighted by atomic mass is 9.90. The van der Waals surface area contributed by atoms with Crippen molar-refractivity contribution in [1.29, 1.82) is 0 Å². The maximum atomic E-state index is 12.7. The van der Waals surface area contributed by atoms with Gasteiger partial charge in [-0.25, -0.2) is 9.78 Å². The Labute approximate surface area is 295 Å². The number of fused-ring (bicyclic) bond motifs is 2. The molecule has 1 N–H and O–H groups in total. The van der Waals surface area contributed by atoms with Crippen LogP contribution in [0, 0.1) is 6.92 Å². The standard InChI is InChI=1S/C38H42ClN5O4S/c1-21-17-29-35(32(23-7-10-26(39)11-8-23)31(21)34(37(46)47)48-38(3,4)5)49-36(40-29)25-9-12-30-28(18-25)33(41-42(30)6)24-13-15-43(16-14-24)27-19-44(20-27)22(2)45/h7-12,17-18,24,27,34H,13-16,19-20H2,1-6H3,(H,46,47). The van der Waals surface area contributed by atoms with Gasteiger partial charge in [0, 0.05) is 66.1 Å². The van der Waals surface area contributed by atoms with Crippen LogP contribution in [-0.2, 0) is 21.4 Å². The molecule has 1 unspecified atom stereocenters. The van der Waals surface area contributed by atoms with Gasteiger partial charge >= 0.3 is 5.97 Å². The van der Waals surface area contributed by atoms with Crippen molar-refractivity contribution in [1.82, 2.24) is 24.6 Å². The number of carboxylic acids is 1. The lowest BCUT2D eigenvalue weighted by molar-refractivity contribution is -0.160. The number of hydrogen-bond donors (Lipinski definition) is 1. The predicted octanol–water partition coefficient (Wildman–Crippen LogP) is 7.83. The van der Waals surface area contributed by atoms with E-state index in [0.29, 0.717) is 22.5 Å². The quantitative estimate of drug-likeness (QED) is 0.185. The van der Waals surface area contributed by atoms with Crippen molar-refractivity contribution in [3.8, 4) is 21.7 Å². The van der Waals surface area contributed by atoms with E-state index in [9.17, 15) is 14.7 Å². The summed E-state index contributed by atoms with van der Waals surface area (Å²) < 4.78 is 9.07. The number of hydrogen-bond acceptors (Lipinski definition) is 7. The van der Waals surface area contributed by atoms with Gasteiger partial charge in [-0.1, -0.05) is 23.7 Å². The lowest BCUT2D eigenvalue weighted by Crippen LogP contribution is -2.61. The van der Waals surface area contributed by atoms with E-state index < -0.39 is 17.7 Å². The number of halogens is 1. The number of rotatable bonds is 7. The second kappa shape index (κ2) is 12.8. The van der Waals surface area contributed by atoms with Gasteiger partial charge in [0.1, 0.15) is 5.01 Å². The summed E-state index contributed by atoms with van der Waals surface area (Å²) in [5.74, 6) is -0.527.